The Bertz CT molecular complexity index is 389. The maximum absolute atomic E-state index is 5.72. The topological polar surface area (TPSA) is 56.5 Å². The van der Waals surface area contributed by atoms with Crippen LogP contribution in [0.15, 0.2) is 10.6 Å². The van der Waals surface area contributed by atoms with E-state index < -0.39 is 0 Å². The minimum Gasteiger partial charge on any atom is -0.360 e. The van der Waals surface area contributed by atoms with Crippen molar-refractivity contribution >= 4 is 0 Å². The molecule has 2 heterocycles. The Labute approximate surface area is 107 Å². The zero-order valence-corrected chi connectivity index (χ0v) is 10.8. The third-order valence-electron chi connectivity index (χ3n) is 3.80. The minimum atomic E-state index is -0.263. The van der Waals surface area contributed by atoms with Gasteiger partial charge in [0.15, 0.2) is 11.5 Å². The predicted octanol–water partition coefficient (Wildman–Crippen LogP) is 1.76. The predicted molar refractivity (Wildman–Crippen MR) is 65.0 cm³/mol. The first-order valence-corrected chi connectivity index (χ1v) is 6.69. The molecule has 0 unspecified atom stereocenters. The van der Waals surface area contributed by atoms with Gasteiger partial charge in [-0.3, -0.25) is 0 Å². The van der Waals surface area contributed by atoms with Crippen molar-refractivity contribution in [3.8, 4) is 0 Å². The van der Waals surface area contributed by atoms with Crippen LogP contribution in [-0.2, 0) is 16.0 Å². The maximum atomic E-state index is 5.72. The van der Waals surface area contributed by atoms with E-state index >= 15 is 0 Å². The van der Waals surface area contributed by atoms with E-state index in [0.717, 1.165) is 56.9 Å². The molecule has 1 aromatic rings. The molecule has 1 aliphatic carbocycles. The van der Waals surface area contributed by atoms with E-state index in [1.807, 2.05) is 13.0 Å². The molecule has 1 aromatic heterocycles. The van der Waals surface area contributed by atoms with Crippen LogP contribution < -0.4 is 5.32 Å². The summed E-state index contributed by atoms with van der Waals surface area (Å²) in [5.74, 6) is 0.641. The second-order valence-corrected chi connectivity index (χ2v) is 5.20. The molecule has 0 bridgehead atoms. The Morgan fingerprint density at radius 2 is 2.06 bits per heavy atom. The molecule has 0 atom stereocenters. The van der Waals surface area contributed by atoms with Gasteiger partial charge in [-0.05, 0) is 19.8 Å². The van der Waals surface area contributed by atoms with Gasteiger partial charge in [-0.2, -0.15) is 0 Å². The molecule has 1 spiro atoms. The van der Waals surface area contributed by atoms with E-state index in [1.54, 1.807) is 0 Å². The molecular formula is C13H20N2O3. The SMILES string of the molecule is Cc1cc(CNC2CCC3(CC2)OCCO3)on1. The van der Waals surface area contributed by atoms with Gasteiger partial charge in [0.2, 0.25) is 0 Å². The van der Waals surface area contributed by atoms with Crippen molar-refractivity contribution < 1.29 is 14.0 Å². The van der Waals surface area contributed by atoms with Crippen molar-refractivity contribution in [2.24, 2.45) is 0 Å². The van der Waals surface area contributed by atoms with Crippen LogP contribution in [0.3, 0.4) is 0 Å². The van der Waals surface area contributed by atoms with Gasteiger partial charge in [-0.25, -0.2) is 0 Å². The summed E-state index contributed by atoms with van der Waals surface area (Å²) in [7, 11) is 0. The number of hydrogen-bond donors (Lipinski definition) is 1. The summed E-state index contributed by atoms with van der Waals surface area (Å²) in [6, 6.07) is 2.49. The van der Waals surface area contributed by atoms with Gasteiger partial charge >= 0.3 is 0 Å². The van der Waals surface area contributed by atoms with E-state index in [9.17, 15) is 0 Å². The lowest BCUT2D eigenvalue weighted by molar-refractivity contribution is -0.179. The third-order valence-corrected chi connectivity index (χ3v) is 3.80. The number of rotatable bonds is 3. The van der Waals surface area contributed by atoms with E-state index in [2.05, 4.69) is 10.5 Å². The smallest absolute Gasteiger partial charge is 0.168 e. The number of hydrogen-bond acceptors (Lipinski definition) is 5. The molecule has 2 aliphatic rings. The Kier molecular flexibility index (Phi) is 3.37. The normalized spacial score (nSPS) is 23.8. The number of nitrogens with one attached hydrogen (secondary N) is 1. The van der Waals surface area contributed by atoms with E-state index in [-0.39, 0.29) is 5.79 Å². The van der Waals surface area contributed by atoms with Gasteiger partial charge in [0.05, 0.1) is 25.5 Å². The van der Waals surface area contributed by atoms with Gasteiger partial charge < -0.3 is 19.3 Å². The number of aryl methyl sites for hydroxylation is 1. The second-order valence-electron chi connectivity index (χ2n) is 5.20. The van der Waals surface area contributed by atoms with Crippen LogP contribution in [0.4, 0.5) is 0 Å². The highest BCUT2D eigenvalue weighted by Gasteiger charge is 2.40. The third kappa shape index (κ3) is 2.58. The van der Waals surface area contributed by atoms with Crippen molar-refractivity contribution in [1.82, 2.24) is 10.5 Å². The summed E-state index contributed by atoms with van der Waals surface area (Å²) < 4.78 is 16.6. The van der Waals surface area contributed by atoms with Crippen LogP contribution >= 0.6 is 0 Å². The number of aromatic nitrogens is 1. The summed E-state index contributed by atoms with van der Waals surface area (Å²) in [5, 5.41) is 7.40. The first-order valence-electron chi connectivity index (χ1n) is 6.69. The quantitative estimate of drug-likeness (QED) is 0.888. The fourth-order valence-corrected chi connectivity index (χ4v) is 2.79. The average Bonchev–Trinajstić information content (AvgIpc) is 2.99. The molecule has 2 fully saturated rings. The molecule has 100 valence electrons. The van der Waals surface area contributed by atoms with Gasteiger partial charge in [0.25, 0.3) is 0 Å². The maximum Gasteiger partial charge on any atom is 0.168 e. The van der Waals surface area contributed by atoms with Crippen LogP contribution in [-0.4, -0.2) is 30.2 Å². The van der Waals surface area contributed by atoms with Crippen LogP contribution in [0.25, 0.3) is 0 Å². The molecule has 0 amide bonds. The van der Waals surface area contributed by atoms with Crippen LogP contribution in [0.2, 0.25) is 0 Å². The molecule has 1 N–H and O–H groups in total. The van der Waals surface area contributed by atoms with Gasteiger partial charge in [-0.15, -0.1) is 0 Å². The van der Waals surface area contributed by atoms with Crippen molar-refractivity contribution in [1.29, 1.82) is 0 Å². The first-order chi connectivity index (χ1) is 8.76. The van der Waals surface area contributed by atoms with Crippen molar-refractivity contribution in [3.05, 3.63) is 17.5 Å². The zero-order chi connectivity index (χ0) is 12.4. The lowest BCUT2D eigenvalue weighted by atomic mass is 9.90. The van der Waals surface area contributed by atoms with E-state index in [4.69, 9.17) is 14.0 Å². The molecule has 3 rings (SSSR count). The summed E-state index contributed by atoms with van der Waals surface area (Å²) in [6.07, 6.45) is 4.15. The van der Waals surface area contributed by atoms with Crippen LogP contribution in [0, 0.1) is 6.92 Å². The molecule has 0 radical (unpaired) electrons. The van der Waals surface area contributed by atoms with E-state index in [0.29, 0.717) is 6.04 Å². The van der Waals surface area contributed by atoms with Crippen molar-refractivity contribution in [2.45, 2.75) is 51.0 Å². The lowest BCUT2D eigenvalue weighted by Gasteiger charge is -2.35. The summed E-state index contributed by atoms with van der Waals surface area (Å²) in [4.78, 5) is 0. The minimum absolute atomic E-state index is 0.263. The van der Waals surface area contributed by atoms with Crippen molar-refractivity contribution in [2.75, 3.05) is 13.2 Å². The van der Waals surface area contributed by atoms with Gasteiger partial charge in [0, 0.05) is 24.9 Å². The highest BCUT2D eigenvalue weighted by atomic mass is 16.7. The molecule has 18 heavy (non-hydrogen) atoms. The molecular weight excluding hydrogens is 232 g/mol. The molecule has 0 aromatic carbocycles. The summed E-state index contributed by atoms with van der Waals surface area (Å²) in [6.45, 7) is 4.18. The highest BCUT2D eigenvalue weighted by molar-refractivity contribution is 5.02. The largest absolute Gasteiger partial charge is 0.360 e. The fraction of sp³-hybridized carbons (Fsp3) is 0.769. The molecule has 1 saturated carbocycles. The zero-order valence-electron chi connectivity index (χ0n) is 10.8. The number of nitrogens with zero attached hydrogens (tertiary/aromatic N) is 1. The van der Waals surface area contributed by atoms with Gasteiger partial charge in [-0.1, -0.05) is 5.16 Å². The standard InChI is InChI=1S/C13H20N2O3/c1-10-8-12(18-15-10)9-14-11-2-4-13(5-3-11)16-6-7-17-13/h8,11,14H,2-7,9H2,1H3. The Balaban J connectivity index is 1.45. The molecule has 1 saturated heterocycles. The molecule has 1 aliphatic heterocycles. The Hall–Kier alpha value is -0.910. The van der Waals surface area contributed by atoms with Gasteiger partial charge in [0.1, 0.15) is 0 Å². The Morgan fingerprint density at radius 3 is 2.67 bits per heavy atom. The summed E-state index contributed by atoms with van der Waals surface area (Å²) >= 11 is 0. The number of ether oxygens (including phenoxy) is 2. The monoisotopic (exact) mass is 252 g/mol. The molecule has 5 nitrogen and oxygen atoms in total. The first kappa shape index (κ1) is 12.1. The van der Waals surface area contributed by atoms with E-state index in [1.165, 1.54) is 0 Å². The summed E-state index contributed by atoms with van der Waals surface area (Å²) in [5.41, 5.74) is 0.933. The second kappa shape index (κ2) is 4.99. The Morgan fingerprint density at radius 1 is 1.33 bits per heavy atom. The van der Waals surface area contributed by atoms with Crippen molar-refractivity contribution in [3.63, 3.8) is 0 Å². The van der Waals surface area contributed by atoms with Crippen LogP contribution in [0.5, 0.6) is 0 Å². The van der Waals surface area contributed by atoms with Crippen LogP contribution in [0.1, 0.15) is 37.1 Å². The average molecular weight is 252 g/mol. The fourth-order valence-electron chi connectivity index (χ4n) is 2.79. The molecule has 5 heteroatoms. The highest BCUT2D eigenvalue weighted by Crippen LogP contribution is 2.35. The lowest BCUT2D eigenvalue weighted by Crippen LogP contribution is -2.41.